The zero-order valence-corrected chi connectivity index (χ0v) is 16.8. The summed E-state index contributed by atoms with van der Waals surface area (Å²) in [6.07, 6.45) is 3.72. The average molecular weight is 423 g/mol. The molecule has 0 unspecified atom stereocenters. The molecular weight excluding hydrogens is 402 g/mol. The molecule has 0 atom stereocenters. The minimum atomic E-state index is -0.502. The third-order valence-electron chi connectivity index (χ3n) is 5.52. The number of rotatable bonds is 6. The third-order valence-corrected chi connectivity index (χ3v) is 5.52. The van der Waals surface area contributed by atoms with Gasteiger partial charge in [-0.3, -0.25) is 24.7 Å². The predicted octanol–water partition coefficient (Wildman–Crippen LogP) is 4.37. The Morgan fingerprint density at radius 2 is 1.81 bits per heavy atom. The van der Waals surface area contributed by atoms with E-state index < -0.39 is 4.92 Å². The smallest absolute Gasteiger partial charge is 0.269 e. The van der Waals surface area contributed by atoms with E-state index in [1.165, 1.54) is 24.3 Å². The van der Waals surface area contributed by atoms with Crippen LogP contribution in [0.4, 0.5) is 11.4 Å². The fourth-order valence-electron chi connectivity index (χ4n) is 3.99. The zero-order valence-electron chi connectivity index (χ0n) is 16.8. The molecule has 2 aliphatic rings. The van der Waals surface area contributed by atoms with E-state index in [0.29, 0.717) is 66.9 Å². The van der Waals surface area contributed by atoms with E-state index in [-0.39, 0.29) is 35.0 Å². The van der Waals surface area contributed by atoms with E-state index in [1.807, 2.05) is 0 Å². The highest BCUT2D eigenvalue weighted by atomic mass is 16.6. The second-order valence-electron chi connectivity index (χ2n) is 7.63. The minimum absolute atomic E-state index is 0.00200. The molecule has 2 aliphatic carbocycles. The first-order chi connectivity index (χ1) is 14.9. The summed E-state index contributed by atoms with van der Waals surface area (Å²) in [5.41, 5.74) is 1.97. The van der Waals surface area contributed by atoms with E-state index in [0.717, 1.165) is 6.42 Å². The number of nitrogens with zero attached hydrogens (tertiary/aromatic N) is 3. The SMILES string of the molecule is O=C1CCCC(O)=C1C(CCc1noc2c1C(=O)CCC2)=Nc1ccc([N+](=O)[O-])cc1. The maximum atomic E-state index is 12.5. The molecule has 0 radical (unpaired) electrons. The fraction of sp³-hybridized carbons (Fsp3) is 0.364. The summed E-state index contributed by atoms with van der Waals surface area (Å²) in [5, 5.41) is 25.3. The molecule has 0 aliphatic heterocycles. The number of aliphatic hydroxyl groups excluding tert-OH is 1. The van der Waals surface area contributed by atoms with Gasteiger partial charge >= 0.3 is 0 Å². The van der Waals surface area contributed by atoms with Gasteiger partial charge in [-0.1, -0.05) is 5.16 Å². The lowest BCUT2D eigenvalue weighted by Gasteiger charge is -2.17. The number of fused-ring (bicyclic) bond motifs is 1. The number of aliphatic imine (C=N–C) groups is 1. The van der Waals surface area contributed by atoms with Crippen LogP contribution < -0.4 is 0 Å². The van der Waals surface area contributed by atoms with Crippen molar-refractivity contribution < 1.29 is 24.1 Å². The molecule has 2 aromatic rings. The monoisotopic (exact) mass is 423 g/mol. The van der Waals surface area contributed by atoms with Crippen LogP contribution in [0.15, 0.2) is 45.1 Å². The Bertz CT molecular complexity index is 1110. The maximum Gasteiger partial charge on any atom is 0.269 e. The van der Waals surface area contributed by atoms with Crippen molar-refractivity contribution in [1.82, 2.24) is 5.16 Å². The summed E-state index contributed by atoms with van der Waals surface area (Å²) >= 11 is 0. The molecule has 0 spiro atoms. The molecule has 1 aromatic carbocycles. The first kappa shape index (κ1) is 20.6. The number of Topliss-reactive ketones (excluding diaryl/α,β-unsaturated/α-hetero) is 2. The van der Waals surface area contributed by atoms with Crippen molar-refractivity contribution in [2.24, 2.45) is 4.99 Å². The van der Waals surface area contributed by atoms with E-state index in [1.54, 1.807) is 0 Å². The first-order valence-electron chi connectivity index (χ1n) is 10.2. The van der Waals surface area contributed by atoms with Crippen LogP contribution >= 0.6 is 0 Å². The normalized spacial score (nSPS) is 17.1. The van der Waals surface area contributed by atoms with Crippen molar-refractivity contribution in [2.75, 3.05) is 0 Å². The molecule has 9 nitrogen and oxygen atoms in total. The number of ketones is 2. The van der Waals surface area contributed by atoms with Crippen molar-refractivity contribution in [3.8, 4) is 0 Å². The Morgan fingerprint density at radius 3 is 2.52 bits per heavy atom. The number of hydrogen-bond donors (Lipinski definition) is 1. The second-order valence-corrected chi connectivity index (χ2v) is 7.63. The van der Waals surface area contributed by atoms with Crippen LogP contribution in [0.5, 0.6) is 0 Å². The largest absolute Gasteiger partial charge is 0.511 e. The van der Waals surface area contributed by atoms with E-state index >= 15 is 0 Å². The van der Waals surface area contributed by atoms with Crippen molar-refractivity contribution in [1.29, 1.82) is 0 Å². The van der Waals surface area contributed by atoms with Crippen molar-refractivity contribution >= 4 is 28.7 Å². The first-order valence-corrected chi connectivity index (χ1v) is 10.2. The molecule has 4 rings (SSSR count). The number of non-ortho nitro benzene ring substituents is 1. The number of aryl methyl sites for hydroxylation is 2. The molecule has 160 valence electrons. The summed E-state index contributed by atoms with van der Waals surface area (Å²) in [6, 6.07) is 5.65. The van der Waals surface area contributed by atoms with E-state index in [4.69, 9.17) is 4.52 Å². The van der Waals surface area contributed by atoms with Gasteiger partial charge < -0.3 is 9.63 Å². The zero-order chi connectivity index (χ0) is 22.0. The van der Waals surface area contributed by atoms with Crippen molar-refractivity contribution in [3.63, 3.8) is 0 Å². The van der Waals surface area contributed by atoms with Crippen LogP contribution in [0, 0.1) is 10.1 Å². The molecule has 1 heterocycles. The van der Waals surface area contributed by atoms with Crippen LogP contribution in [0.1, 0.15) is 60.3 Å². The minimum Gasteiger partial charge on any atom is -0.511 e. The van der Waals surface area contributed by atoms with E-state index in [9.17, 15) is 24.8 Å². The highest BCUT2D eigenvalue weighted by molar-refractivity contribution is 6.23. The van der Waals surface area contributed by atoms with Crippen molar-refractivity contribution in [2.45, 2.75) is 51.4 Å². The van der Waals surface area contributed by atoms with Crippen molar-refractivity contribution in [3.05, 3.63) is 62.7 Å². The Hall–Kier alpha value is -3.62. The molecule has 9 heteroatoms. The van der Waals surface area contributed by atoms with Crippen LogP contribution in [-0.4, -0.2) is 32.5 Å². The van der Waals surface area contributed by atoms with Gasteiger partial charge in [-0.05, 0) is 37.8 Å². The molecule has 0 saturated heterocycles. The molecule has 0 amide bonds. The number of aliphatic hydroxyl groups is 1. The highest BCUT2D eigenvalue weighted by Gasteiger charge is 2.28. The van der Waals surface area contributed by atoms with Gasteiger partial charge in [-0.15, -0.1) is 0 Å². The molecule has 0 saturated carbocycles. The van der Waals surface area contributed by atoms with Gasteiger partial charge in [-0.25, -0.2) is 0 Å². The van der Waals surface area contributed by atoms with Gasteiger partial charge in [0.05, 0.1) is 33.2 Å². The molecule has 0 fully saturated rings. The van der Waals surface area contributed by atoms with Gasteiger partial charge in [0.15, 0.2) is 11.6 Å². The number of allylic oxidation sites excluding steroid dienone is 2. The molecule has 1 N–H and O–H groups in total. The number of carbonyl (C=O) groups is 2. The fourth-order valence-corrected chi connectivity index (χ4v) is 3.99. The number of benzene rings is 1. The van der Waals surface area contributed by atoms with Crippen LogP contribution in [0.25, 0.3) is 0 Å². The summed E-state index contributed by atoms with van der Waals surface area (Å²) in [4.78, 5) is 39.8. The molecule has 31 heavy (non-hydrogen) atoms. The number of hydrogen-bond acceptors (Lipinski definition) is 8. The summed E-state index contributed by atoms with van der Waals surface area (Å²) < 4.78 is 5.33. The number of carbonyl (C=O) groups excluding carboxylic acids is 2. The number of nitro benzene ring substituents is 1. The summed E-state index contributed by atoms with van der Waals surface area (Å²) in [5.74, 6) is 0.399. The topological polar surface area (TPSA) is 136 Å². The summed E-state index contributed by atoms with van der Waals surface area (Å²) in [6.45, 7) is 0. The lowest BCUT2D eigenvalue weighted by atomic mass is 9.89. The van der Waals surface area contributed by atoms with Gasteiger partial charge in [0, 0.05) is 37.8 Å². The Labute approximate surface area is 177 Å². The Kier molecular flexibility index (Phi) is 5.75. The molecular formula is C22H21N3O6. The third kappa shape index (κ3) is 4.30. The highest BCUT2D eigenvalue weighted by Crippen LogP contribution is 2.29. The Balaban J connectivity index is 1.66. The van der Waals surface area contributed by atoms with Crippen LogP contribution in [0.2, 0.25) is 0 Å². The molecule has 0 bridgehead atoms. The van der Waals surface area contributed by atoms with Crippen LogP contribution in [-0.2, 0) is 17.6 Å². The second kappa shape index (κ2) is 8.63. The Morgan fingerprint density at radius 1 is 1.10 bits per heavy atom. The van der Waals surface area contributed by atoms with Gasteiger partial charge in [0.25, 0.3) is 5.69 Å². The van der Waals surface area contributed by atoms with Gasteiger partial charge in [0.1, 0.15) is 11.5 Å². The number of nitro groups is 1. The lowest BCUT2D eigenvalue weighted by Crippen LogP contribution is -2.20. The number of aromatic nitrogens is 1. The maximum absolute atomic E-state index is 12.5. The molecule has 1 aromatic heterocycles. The average Bonchev–Trinajstić information content (AvgIpc) is 3.16. The van der Waals surface area contributed by atoms with E-state index in [2.05, 4.69) is 10.1 Å². The van der Waals surface area contributed by atoms with Gasteiger partial charge in [-0.2, -0.15) is 0 Å². The standard InChI is InChI=1S/C22H21N3O6/c26-17-3-1-4-18(27)21(17)15(23-13-7-9-14(10-8-13)25(29)30)11-12-16-22-19(28)5-2-6-20(22)31-24-16/h7-10,26H,1-6,11-12H2. The van der Waals surface area contributed by atoms with Gasteiger partial charge in [0.2, 0.25) is 0 Å². The lowest BCUT2D eigenvalue weighted by molar-refractivity contribution is -0.384. The van der Waals surface area contributed by atoms with Crippen LogP contribution in [0.3, 0.4) is 0 Å². The quantitative estimate of drug-likeness (QED) is 0.414. The summed E-state index contributed by atoms with van der Waals surface area (Å²) in [7, 11) is 0. The predicted molar refractivity (Wildman–Crippen MR) is 111 cm³/mol.